The third kappa shape index (κ3) is 5.47. The molecule has 1 atom stereocenters. The molecule has 0 bridgehead atoms. The lowest BCUT2D eigenvalue weighted by molar-refractivity contribution is 0.0688. The fraction of sp³-hybridized carbons (Fsp3) is 0.414. The number of rotatable bonds is 8. The lowest BCUT2D eigenvalue weighted by Gasteiger charge is -2.36. The molecule has 7 heteroatoms. The van der Waals surface area contributed by atoms with Gasteiger partial charge in [0.1, 0.15) is 5.82 Å². The summed E-state index contributed by atoms with van der Waals surface area (Å²) < 4.78 is 21.2. The lowest BCUT2D eigenvalue weighted by Crippen LogP contribution is -2.47. The average Bonchev–Trinajstić information content (AvgIpc) is 3.26. The van der Waals surface area contributed by atoms with E-state index in [2.05, 4.69) is 26.5 Å². The number of aromatic nitrogens is 1. The van der Waals surface area contributed by atoms with Gasteiger partial charge in [-0.05, 0) is 55.3 Å². The summed E-state index contributed by atoms with van der Waals surface area (Å²) in [5.74, 6) is -0.0883. The molecule has 0 N–H and O–H groups in total. The van der Waals surface area contributed by atoms with Crippen LogP contribution in [0.2, 0.25) is 0 Å². The Morgan fingerprint density at radius 1 is 0.917 bits per heavy atom. The highest BCUT2D eigenvalue weighted by Gasteiger charge is 2.31. The number of hydrogen-bond donors (Lipinski definition) is 0. The van der Waals surface area contributed by atoms with Gasteiger partial charge in [-0.2, -0.15) is 0 Å². The van der Waals surface area contributed by atoms with Gasteiger partial charge in [0.2, 0.25) is 0 Å². The molecule has 0 radical (unpaired) electrons. The molecule has 2 aliphatic rings. The first-order chi connectivity index (χ1) is 17.6. The quantitative estimate of drug-likeness (QED) is 0.469. The van der Waals surface area contributed by atoms with Crippen molar-refractivity contribution >= 4 is 11.6 Å². The number of hydrogen-bond acceptors (Lipinski definition) is 4. The van der Waals surface area contributed by atoms with E-state index in [-0.39, 0.29) is 17.8 Å². The molecule has 2 aliphatic heterocycles. The first-order valence-electron chi connectivity index (χ1n) is 12.9. The predicted molar refractivity (Wildman–Crippen MR) is 140 cm³/mol. The van der Waals surface area contributed by atoms with Crippen molar-refractivity contribution < 1.29 is 13.9 Å². The van der Waals surface area contributed by atoms with Gasteiger partial charge in [0.05, 0.1) is 17.4 Å². The number of fused-ring (bicyclic) bond motifs is 1. The zero-order valence-corrected chi connectivity index (χ0v) is 21.0. The van der Waals surface area contributed by atoms with Crippen LogP contribution in [0.5, 0.6) is 0 Å². The summed E-state index contributed by atoms with van der Waals surface area (Å²) in [6, 6.07) is 19.0. The SMILES string of the molecule is COC1CCN(CCCN2CCN(c3ccc(F)cc3)CC2)C(=O)c2ccn(Cc3ccccc3)c21. The van der Waals surface area contributed by atoms with Crippen molar-refractivity contribution in [2.24, 2.45) is 0 Å². The molecule has 36 heavy (non-hydrogen) atoms. The van der Waals surface area contributed by atoms with Crippen molar-refractivity contribution in [2.75, 3.05) is 57.8 Å². The number of ether oxygens (including phenoxy) is 1. The Labute approximate surface area is 212 Å². The summed E-state index contributed by atoms with van der Waals surface area (Å²) >= 11 is 0. The van der Waals surface area contributed by atoms with Crippen molar-refractivity contribution in [1.82, 2.24) is 14.4 Å². The van der Waals surface area contributed by atoms with Gasteiger partial charge in [0, 0.05) is 64.8 Å². The second-order valence-corrected chi connectivity index (χ2v) is 9.69. The molecular formula is C29H35FN4O2. The first kappa shape index (κ1) is 24.5. The minimum atomic E-state index is -0.197. The maximum atomic E-state index is 13.5. The maximum absolute atomic E-state index is 13.5. The Hall–Kier alpha value is -3.16. The van der Waals surface area contributed by atoms with E-state index in [0.29, 0.717) is 6.54 Å². The number of nitrogens with zero attached hydrogens (tertiary/aromatic N) is 4. The van der Waals surface area contributed by atoms with Gasteiger partial charge >= 0.3 is 0 Å². The molecule has 1 aromatic heterocycles. The van der Waals surface area contributed by atoms with E-state index in [0.717, 1.165) is 75.6 Å². The monoisotopic (exact) mass is 490 g/mol. The van der Waals surface area contributed by atoms with Crippen LogP contribution in [0.15, 0.2) is 66.9 Å². The van der Waals surface area contributed by atoms with Gasteiger partial charge < -0.3 is 19.1 Å². The molecule has 1 unspecified atom stereocenters. The average molecular weight is 491 g/mol. The van der Waals surface area contributed by atoms with Crippen molar-refractivity contribution in [1.29, 1.82) is 0 Å². The fourth-order valence-corrected chi connectivity index (χ4v) is 5.43. The molecule has 190 valence electrons. The van der Waals surface area contributed by atoms with Crippen LogP contribution in [0.3, 0.4) is 0 Å². The summed E-state index contributed by atoms with van der Waals surface area (Å²) in [5.41, 5.74) is 4.04. The van der Waals surface area contributed by atoms with Crippen LogP contribution in [0.4, 0.5) is 10.1 Å². The van der Waals surface area contributed by atoms with Crippen LogP contribution < -0.4 is 4.90 Å². The molecule has 0 spiro atoms. The van der Waals surface area contributed by atoms with Gasteiger partial charge in [-0.25, -0.2) is 4.39 Å². The van der Waals surface area contributed by atoms with E-state index in [1.165, 1.54) is 17.7 Å². The Balaban J connectivity index is 1.16. The Bertz CT molecular complexity index is 1140. The van der Waals surface area contributed by atoms with Crippen molar-refractivity contribution in [3.05, 3.63) is 89.5 Å². The van der Waals surface area contributed by atoms with Crippen LogP contribution in [-0.4, -0.2) is 73.2 Å². The highest BCUT2D eigenvalue weighted by atomic mass is 19.1. The highest BCUT2D eigenvalue weighted by Crippen LogP contribution is 2.31. The maximum Gasteiger partial charge on any atom is 0.255 e. The molecule has 1 saturated heterocycles. The zero-order valence-electron chi connectivity index (χ0n) is 21.0. The number of piperazine rings is 1. The van der Waals surface area contributed by atoms with Gasteiger partial charge in [-0.3, -0.25) is 9.69 Å². The number of methoxy groups -OCH3 is 1. The molecule has 0 saturated carbocycles. The van der Waals surface area contributed by atoms with E-state index >= 15 is 0 Å². The van der Waals surface area contributed by atoms with Gasteiger partial charge in [-0.1, -0.05) is 30.3 Å². The predicted octanol–water partition coefficient (Wildman–Crippen LogP) is 4.42. The van der Waals surface area contributed by atoms with Gasteiger partial charge in [0.15, 0.2) is 0 Å². The van der Waals surface area contributed by atoms with Crippen LogP contribution in [-0.2, 0) is 11.3 Å². The molecular weight excluding hydrogens is 455 g/mol. The van der Waals surface area contributed by atoms with Crippen LogP contribution >= 0.6 is 0 Å². The molecule has 2 aromatic carbocycles. The number of benzene rings is 2. The number of amides is 1. The topological polar surface area (TPSA) is 41.0 Å². The van der Waals surface area contributed by atoms with E-state index in [1.807, 2.05) is 47.5 Å². The minimum absolute atomic E-state index is 0.0906. The van der Waals surface area contributed by atoms with Crippen molar-refractivity contribution in [3.8, 4) is 0 Å². The molecule has 1 amide bonds. The summed E-state index contributed by atoms with van der Waals surface area (Å²) in [7, 11) is 1.74. The number of anilines is 1. The second kappa shape index (κ2) is 11.3. The van der Waals surface area contributed by atoms with E-state index < -0.39 is 0 Å². The van der Waals surface area contributed by atoms with Gasteiger partial charge in [0.25, 0.3) is 5.91 Å². The lowest BCUT2D eigenvalue weighted by atomic mass is 10.1. The Morgan fingerprint density at radius 2 is 1.67 bits per heavy atom. The van der Waals surface area contributed by atoms with E-state index in [4.69, 9.17) is 4.74 Å². The molecule has 6 nitrogen and oxygen atoms in total. The molecule has 0 aliphatic carbocycles. The van der Waals surface area contributed by atoms with Crippen molar-refractivity contribution in [2.45, 2.75) is 25.5 Å². The molecule has 3 aromatic rings. The number of carbonyl (C=O) groups excluding carboxylic acids is 1. The highest BCUT2D eigenvalue weighted by molar-refractivity contribution is 5.96. The summed E-state index contributed by atoms with van der Waals surface area (Å²) in [6.07, 6.45) is 3.67. The molecule has 1 fully saturated rings. The van der Waals surface area contributed by atoms with E-state index in [1.54, 1.807) is 7.11 Å². The smallest absolute Gasteiger partial charge is 0.255 e. The standard InChI is InChI=1S/C29H35FN4O2/c1-36-27-13-17-33(29(35)26-12-16-34(28(26)27)22-23-6-3-2-4-7-23)15-5-14-31-18-20-32(21-19-31)25-10-8-24(30)9-11-25/h2-4,6-12,16,27H,5,13-15,17-22H2,1H3. The van der Waals surface area contributed by atoms with Crippen LogP contribution in [0.25, 0.3) is 0 Å². The van der Waals surface area contributed by atoms with Crippen LogP contribution in [0.1, 0.15) is 40.6 Å². The third-order valence-corrected chi connectivity index (χ3v) is 7.44. The minimum Gasteiger partial charge on any atom is -0.375 e. The summed E-state index contributed by atoms with van der Waals surface area (Å²) in [5, 5.41) is 0. The number of carbonyl (C=O) groups is 1. The van der Waals surface area contributed by atoms with Gasteiger partial charge in [-0.15, -0.1) is 0 Å². The summed E-state index contributed by atoms with van der Waals surface area (Å²) in [6.45, 7) is 6.97. The molecule has 5 rings (SSSR count). The van der Waals surface area contributed by atoms with Crippen LogP contribution in [0, 0.1) is 5.82 Å². The molecule has 3 heterocycles. The Kier molecular flexibility index (Phi) is 7.68. The third-order valence-electron chi connectivity index (χ3n) is 7.44. The largest absolute Gasteiger partial charge is 0.375 e. The fourth-order valence-electron chi connectivity index (χ4n) is 5.43. The zero-order chi connectivity index (χ0) is 24.9. The Morgan fingerprint density at radius 3 is 2.39 bits per heavy atom. The summed E-state index contributed by atoms with van der Waals surface area (Å²) in [4.78, 5) is 20.2. The first-order valence-corrected chi connectivity index (χ1v) is 12.9. The van der Waals surface area contributed by atoms with E-state index in [9.17, 15) is 9.18 Å². The normalized spacial score (nSPS) is 18.8. The number of halogens is 1. The second-order valence-electron chi connectivity index (χ2n) is 9.69. The van der Waals surface area contributed by atoms with Crippen molar-refractivity contribution in [3.63, 3.8) is 0 Å².